The fraction of sp³-hybridized carbons (Fsp3) is 0.367. The van der Waals surface area contributed by atoms with Crippen LogP contribution in [-0.4, -0.2) is 57.8 Å². The summed E-state index contributed by atoms with van der Waals surface area (Å²) in [6.45, 7) is 6.09. The van der Waals surface area contributed by atoms with Crippen molar-refractivity contribution >= 4 is 22.5 Å². The van der Waals surface area contributed by atoms with Gasteiger partial charge in [-0.15, -0.1) is 0 Å². The van der Waals surface area contributed by atoms with E-state index in [0.717, 1.165) is 57.8 Å². The fourth-order valence-electron chi connectivity index (χ4n) is 5.97. The summed E-state index contributed by atoms with van der Waals surface area (Å²) < 4.78 is 1.78. The second-order valence-corrected chi connectivity index (χ2v) is 10.6. The van der Waals surface area contributed by atoms with E-state index in [1.54, 1.807) is 4.68 Å². The Balaban J connectivity index is 1.28. The zero-order valence-corrected chi connectivity index (χ0v) is 22.0. The van der Waals surface area contributed by atoms with E-state index in [4.69, 9.17) is 4.98 Å². The second kappa shape index (κ2) is 9.30. The summed E-state index contributed by atoms with van der Waals surface area (Å²) in [7, 11) is 4.15. The van der Waals surface area contributed by atoms with Crippen LogP contribution < -0.4 is 10.2 Å². The standard InChI is InChI=1S/C30H34N6O/c1-19-9-10-21(36-17-22-11-12-23(18-36)35(22)4)15-25(19)30(37)31-20(2)26-16-29(28-13-14-34(3)33-28)32-27-8-6-5-7-24(26)27/h5-10,13-16,20,22-23H,11-12,17-18H2,1-4H3,(H,31,37)/t20-,22?,23?/m1/s1. The lowest BCUT2D eigenvalue weighted by atomic mass is 10.00. The molecule has 4 heterocycles. The van der Waals surface area contributed by atoms with Gasteiger partial charge in [0.25, 0.3) is 5.91 Å². The maximum atomic E-state index is 13.6. The molecule has 0 radical (unpaired) electrons. The highest BCUT2D eigenvalue weighted by atomic mass is 16.1. The maximum Gasteiger partial charge on any atom is 0.252 e. The number of aryl methyl sites for hydroxylation is 2. The molecule has 2 aromatic carbocycles. The molecule has 1 N–H and O–H groups in total. The van der Waals surface area contributed by atoms with Crippen molar-refractivity contribution < 1.29 is 4.79 Å². The Bertz CT molecular complexity index is 1460. The van der Waals surface area contributed by atoms with Crippen molar-refractivity contribution in [3.05, 3.63) is 77.5 Å². The molecule has 37 heavy (non-hydrogen) atoms. The number of amides is 1. The molecule has 0 saturated carbocycles. The fourth-order valence-corrected chi connectivity index (χ4v) is 5.97. The number of pyridine rings is 1. The SMILES string of the molecule is Cc1ccc(N2CC3CCC(C2)N3C)cc1C(=O)N[C@H](C)c1cc(-c2ccn(C)n2)nc2ccccc12. The Labute approximate surface area is 218 Å². The third kappa shape index (κ3) is 4.37. The molecule has 2 aliphatic heterocycles. The minimum atomic E-state index is -0.203. The van der Waals surface area contributed by atoms with E-state index in [1.807, 2.05) is 51.4 Å². The van der Waals surface area contributed by atoms with Gasteiger partial charge in [0.1, 0.15) is 5.69 Å². The van der Waals surface area contributed by atoms with E-state index >= 15 is 0 Å². The largest absolute Gasteiger partial charge is 0.368 e. The molecule has 2 aromatic heterocycles. The lowest BCUT2D eigenvalue weighted by molar-refractivity contribution is 0.0939. The van der Waals surface area contributed by atoms with Gasteiger partial charge in [-0.1, -0.05) is 24.3 Å². The van der Waals surface area contributed by atoms with Crippen LogP contribution in [0.25, 0.3) is 22.3 Å². The molecule has 0 aliphatic carbocycles. The summed E-state index contributed by atoms with van der Waals surface area (Å²) in [5.41, 5.74) is 6.41. The normalized spacial score (nSPS) is 20.4. The van der Waals surface area contributed by atoms with Gasteiger partial charge >= 0.3 is 0 Å². The number of para-hydroxylation sites is 1. The van der Waals surface area contributed by atoms with Gasteiger partial charge in [0.15, 0.2) is 0 Å². The highest BCUT2D eigenvalue weighted by Gasteiger charge is 2.37. The lowest BCUT2D eigenvalue weighted by Crippen LogP contribution is -2.52. The number of nitrogens with zero attached hydrogens (tertiary/aromatic N) is 5. The number of benzene rings is 2. The topological polar surface area (TPSA) is 66.3 Å². The third-order valence-electron chi connectivity index (χ3n) is 8.22. The molecule has 2 bridgehead atoms. The van der Waals surface area contributed by atoms with Crippen LogP contribution in [-0.2, 0) is 7.05 Å². The van der Waals surface area contributed by atoms with Crippen molar-refractivity contribution in [1.82, 2.24) is 25.0 Å². The number of nitrogens with one attached hydrogen (secondary N) is 1. The summed E-state index contributed by atoms with van der Waals surface area (Å²) in [5, 5.41) is 8.85. The van der Waals surface area contributed by atoms with E-state index in [0.29, 0.717) is 12.1 Å². The van der Waals surface area contributed by atoms with Gasteiger partial charge in [-0.25, -0.2) is 4.98 Å². The number of carbonyl (C=O) groups excluding carboxylic acids is 1. The van der Waals surface area contributed by atoms with E-state index in [2.05, 4.69) is 57.6 Å². The maximum absolute atomic E-state index is 13.6. The number of aromatic nitrogens is 3. The molecule has 7 heteroatoms. The minimum Gasteiger partial charge on any atom is -0.368 e. The van der Waals surface area contributed by atoms with Crippen LogP contribution in [0.2, 0.25) is 0 Å². The molecule has 2 fully saturated rings. The Kier molecular flexibility index (Phi) is 5.95. The highest BCUT2D eigenvalue weighted by Crippen LogP contribution is 2.32. The molecule has 190 valence electrons. The molecule has 7 nitrogen and oxygen atoms in total. The molecular weight excluding hydrogens is 460 g/mol. The first-order chi connectivity index (χ1) is 17.9. The van der Waals surface area contributed by atoms with Crippen LogP contribution in [0.5, 0.6) is 0 Å². The molecule has 2 saturated heterocycles. The van der Waals surface area contributed by atoms with Gasteiger partial charge in [0, 0.05) is 55.1 Å². The van der Waals surface area contributed by atoms with Crippen molar-refractivity contribution in [2.24, 2.45) is 7.05 Å². The predicted octanol–water partition coefficient (Wildman–Crippen LogP) is 4.72. The van der Waals surface area contributed by atoms with Crippen molar-refractivity contribution in [3.8, 4) is 11.4 Å². The zero-order valence-electron chi connectivity index (χ0n) is 22.0. The first-order valence-corrected chi connectivity index (χ1v) is 13.2. The van der Waals surface area contributed by atoms with Crippen LogP contribution in [0.1, 0.15) is 47.3 Å². The summed E-state index contributed by atoms with van der Waals surface area (Å²) in [6, 6.07) is 19.4. The van der Waals surface area contributed by atoms with Gasteiger partial charge in [0.2, 0.25) is 0 Å². The van der Waals surface area contributed by atoms with Crippen molar-refractivity contribution in [3.63, 3.8) is 0 Å². The Morgan fingerprint density at radius 3 is 2.49 bits per heavy atom. The summed E-state index contributed by atoms with van der Waals surface area (Å²) >= 11 is 0. The Morgan fingerprint density at radius 2 is 1.76 bits per heavy atom. The third-order valence-corrected chi connectivity index (χ3v) is 8.22. The van der Waals surface area contributed by atoms with Gasteiger partial charge in [-0.05, 0) is 75.2 Å². The summed E-state index contributed by atoms with van der Waals surface area (Å²) in [6.07, 6.45) is 4.43. The molecule has 3 atom stereocenters. The van der Waals surface area contributed by atoms with Crippen molar-refractivity contribution in [1.29, 1.82) is 0 Å². The first kappa shape index (κ1) is 23.7. The monoisotopic (exact) mass is 494 g/mol. The van der Waals surface area contributed by atoms with E-state index in [1.165, 1.54) is 12.8 Å². The van der Waals surface area contributed by atoms with Crippen LogP contribution >= 0.6 is 0 Å². The number of piperazine rings is 1. The summed E-state index contributed by atoms with van der Waals surface area (Å²) in [4.78, 5) is 23.4. The molecule has 2 unspecified atom stereocenters. The Morgan fingerprint density at radius 1 is 1.00 bits per heavy atom. The number of hydrogen-bond donors (Lipinski definition) is 1. The number of anilines is 1. The van der Waals surface area contributed by atoms with Gasteiger partial charge in [-0.2, -0.15) is 5.10 Å². The van der Waals surface area contributed by atoms with Crippen molar-refractivity contribution in [2.75, 3.05) is 25.0 Å². The van der Waals surface area contributed by atoms with Gasteiger partial charge < -0.3 is 10.2 Å². The van der Waals surface area contributed by atoms with Gasteiger partial charge in [0.05, 0.1) is 17.3 Å². The van der Waals surface area contributed by atoms with E-state index in [9.17, 15) is 4.79 Å². The molecule has 1 amide bonds. The Hall–Kier alpha value is -3.71. The number of likely N-dealkylation sites (N-methyl/N-ethyl adjacent to an activating group) is 1. The summed E-state index contributed by atoms with van der Waals surface area (Å²) in [5.74, 6) is -0.0516. The van der Waals surface area contributed by atoms with Crippen LogP contribution in [0.4, 0.5) is 5.69 Å². The molecule has 6 rings (SSSR count). The van der Waals surface area contributed by atoms with Crippen molar-refractivity contribution in [2.45, 2.75) is 44.8 Å². The second-order valence-electron chi connectivity index (χ2n) is 10.6. The number of hydrogen-bond acceptors (Lipinski definition) is 5. The van der Waals surface area contributed by atoms with Gasteiger partial charge in [-0.3, -0.25) is 14.4 Å². The molecular formula is C30H34N6O. The average Bonchev–Trinajstić information content (AvgIpc) is 3.40. The zero-order chi connectivity index (χ0) is 25.7. The molecule has 4 aromatic rings. The lowest BCUT2D eigenvalue weighted by Gasteiger charge is -2.40. The predicted molar refractivity (Wildman–Crippen MR) is 148 cm³/mol. The molecule has 2 aliphatic rings. The van der Waals surface area contributed by atoms with Crippen LogP contribution in [0.3, 0.4) is 0 Å². The minimum absolute atomic E-state index is 0.0516. The van der Waals surface area contributed by atoms with Crippen LogP contribution in [0.15, 0.2) is 60.8 Å². The van der Waals surface area contributed by atoms with Crippen LogP contribution in [0, 0.1) is 6.92 Å². The first-order valence-electron chi connectivity index (χ1n) is 13.2. The highest BCUT2D eigenvalue weighted by molar-refractivity contribution is 5.97. The van der Waals surface area contributed by atoms with E-state index < -0.39 is 0 Å². The average molecular weight is 495 g/mol. The number of rotatable bonds is 5. The molecule has 0 spiro atoms. The number of carbonyl (C=O) groups is 1. The smallest absolute Gasteiger partial charge is 0.252 e. The van der Waals surface area contributed by atoms with E-state index in [-0.39, 0.29) is 11.9 Å². The quantitative estimate of drug-likeness (QED) is 0.435. The number of fused-ring (bicyclic) bond motifs is 3.